The van der Waals surface area contributed by atoms with E-state index in [0.717, 1.165) is 11.3 Å². The van der Waals surface area contributed by atoms with Crippen LogP contribution in [0.3, 0.4) is 0 Å². The number of hydrogen-bond acceptors (Lipinski definition) is 3. The van der Waals surface area contributed by atoms with E-state index in [-0.39, 0.29) is 6.10 Å². The van der Waals surface area contributed by atoms with Crippen molar-refractivity contribution < 1.29 is 4.74 Å². The van der Waals surface area contributed by atoms with Crippen LogP contribution < -0.4 is 10.1 Å². The fraction of sp³-hybridized carbons (Fsp3) is 0.533. The van der Waals surface area contributed by atoms with Gasteiger partial charge in [-0.05, 0) is 51.9 Å². The molecule has 0 saturated heterocycles. The van der Waals surface area contributed by atoms with Crippen molar-refractivity contribution in [3.8, 4) is 11.8 Å². The molecule has 1 rings (SSSR count). The summed E-state index contributed by atoms with van der Waals surface area (Å²) in [5.41, 5.74) is 1.76. The molecule has 0 aromatic heterocycles. The molecule has 0 heterocycles. The second kappa shape index (κ2) is 5.88. The van der Waals surface area contributed by atoms with Crippen LogP contribution in [0.15, 0.2) is 18.2 Å². The molecule has 0 saturated carbocycles. The summed E-state index contributed by atoms with van der Waals surface area (Å²) in [6.07, 6.45) is 0.635. The van der Waals surface area contributed by atoms with Crippen molar-refractivity contribution in [2.45, 2.75) is 45.8 Å². The number of benzene rings is 1. The Kier molecular flexibility index (Phi) is 4.75. The van der Waals surface area contributed by atoms with E-state index < -0.39 is 5.54 Å². The summed E-state index contributed by atoms with van der Waals surface area (Å²) in [4.78, 5) is 0. The highest BCUT2D eigenvalue weighted by Gasteiger charge is 2.25. The zero-order valence-corrected chi connectivity index (χ0v) is 11.9. The largest absolute Gasteiger partial charge is 0.490 e. The Hall–Kier alpha value is -1.53. The zero-order valence-electron chi connectivity index (χ0n) is 11.9. The fourth-order valence-electron chi connectivity index (χ4n) is 1.87. The van der Waals surface area contributed by atoms with Gasteiger partial charge in [-0.2, -0.15) is 5.26 Å². The van der Waals surface area contributed by atoms with Gasteiger partial charge in [0, 0.05) is 6.42 Å². The first-order chi connectivity index (χ1) is 8.40. The van der Waals surface area contributed by atoms with Crippen molar-refractivity contribution in [1.82, 2.24) is 5.32 Å². The first-order valence-corrected chi connectivity index (χ1v) is 6.24. The van der Waals surface area contributed by atoms with E-state index in [1.165, 1.54) is 5.56 Å². The van der Waals surface area contributed by atoms with Crippen molar-refractivity contribution in [2.75, 3.05) is 7.05 Å². The number of rotatable bonds is 5. The van der Waals surface area contributed by atoms with Crippen molar-refractivity contribution >= 4 is 0 Å². The number of ether oxygens (including phenoxy) is 1. The van der Waals surface area contributed by atoms with Gasteiger partial charge < -0.3 is 10.1 Å². The summed E-state index contributed by atoms with van der Waals surface area (Å²) >= 11 is 0. The maximum Gasteiger partial charge on any atom is 0.122 e. The van der Waals surface area contributed by atoms with Crippen molar-refractivity contribution in [3.63, 3.8) is 0 Å². The number of aryl methyl sites for hydroxylation is 2. The summed E-state index contributed by atoms with van der Waals surface area (Å²) in [6.45, 7) is 7.96. The summed E-state index contributed by atoms with van der Waals surface area (Å²) in [7, 11) is 1.80. The van der Waals surface area contributed by atoms with Gasteiger partial charge >= 0.3 is 0 Å². The smallest absolute Gasteiger partial charge is 0.122 e. The number of hydrogen-bond donors (Lipinski definition) is 1. The molecule has 2 atom stereocenters. The van der Waals surface area contributed by atoms with Gasteiger partial charge in [0.2, 0.25) is 0 Å². The minimum atomic E-state index is -0.544. The molecular formula is C15H22N2O. The Balaban J connectivity index is 2.73. The topological polar surface area (TPSA) is 45.0 Å². The lowest BCUT2D eigenvalue weighted by atomic mass is 9.97. The molecule has 0 amide bonds. The second-order valence-electron chi connectivity index (χ2n) is 5.10. The lowest BCUT2D eigenvalue weighted by Gasteiger charge is -2.25. The van der Waals surface area contributed by atoms with E-state index in [2.05, 4.69) is 23.5 Å². The Bertz CT molecular complexity index is 450. The molecule has 3 nitrogen and oxygen atoms in total. The van der Waals surface area contributed by atoms with Crippen molar-refractivity contribution in [3.05, 3.63) is 29.3 Å². The molecule has 0 aliphatic carbocycles. The SMILES string of the molecule is CNC(C)(C#N)CC(C)Oc1cc(C)ccc1C. The van der Waals surface area contributed by atoms with Gasteiger partial charge in [0.1, 0.15) is 11.3 Å². The van der Waals surface area contributed by atoms with Crippen LogP contribution in [0.2, 0.25) is 0 Å². The number of nitrogens with zero attached hydrogens (tertiary/aromatic N) is 1. The van der Waals surface area contributed by atoms with Crippen molar-refractivity contribution in [2.24, 2.45) is 0 Å². The Morgan fingerprint density at radius 2 is 2.11 bits per heavy atom. The molecule has 0 spiro atoms. The van der Waals surface area contributed by atoms with E-state index >= 15 is 0 Å². The normalized spacial score (nSPS) is 15.6. The Morgan fingerprint density at radius 1 is 1.44 bits per heavy atom. The van der Waals surface area contributed by atoms with Crippen LogP contribution in [0.25, 0.3) is 0 Å². The van der Waals surface area contributed by atoms with Gasteiger partial charge in [0.15, 0.2) is 0 Å². The van der Waals surface area contributed by atoms with Crippen LogP contribution in [0, 0.1) is 25.2 Å². The molecule has 0 bridgehead atoms. The van der Waals surface area contributed by atoms with Crippen LogP contribution in [0.4, 0.5) is 0 Å². The molecule has 18 heavy (non-hydrogen) atoms. The molecule has 0 radical (unpaired) electrons. The van der Waals surface area contributed by atoms with Gasteiger partial charge in [-0.1, -0.05) is 12.1 Å². The predicted molar refractivity (Wildman–Crippen MR) is 73.7 cm³/mol. The molecule has 1 aromatic rings. The fourth-order valence-corrected chi connectivity index (χ4v) is 1.87. The van der Waals surface area contributed by atoms with E-state index in [1.807, 2.05) is 33.8 Å². The third-order valence-corrected chi connectivity index (χ3v) is 3.17. The summed E-state index contributed by atoms with van der Waals surface area (Å²) < 4.78 is 5.93. The van der Waals surface area contributed by atoms with Crippen LogP contribution in [0.1, 0.15) is 31.4 Å². The lowest BCUT2D eigenvalue weighted by Crippen LogP contribution is -2.41. The predicted octanol–water partition coefficient (Wildman–Crippen LogP) is 2.96. The summed E-state index contributed by atoms with van der Waals surface area (Å²) in [6, 6.07) is 8.44. The lowest BCUT2D eigenvalue weighted by molar-refractivity contribution is 0.181. The van der Waals surface area contributed by atoms with Crippen LogP contribution >= 0.6 is 0 Å². The Labute approximate surface area is 110 Å². The maximum absolute atomic E-state index is 9.13. The molecular weight excluding hydrogens is 224 g/mol. The molecule has 0 aliphatic heterocycles. The number of nitriles is 1. The van der Waals surface area contributed by atoms with Gasteiger partial charge in [0.05, 0.1) is 12.2 Å². The van der Waals surface area contributed by atoms with Gasteiger partial charge in [-0.15, -0.1) is 0 Å². The molecule has 1 N–H and O–H groups in total. The highest BCUT2D eigenvalue weighted by atomic mass is 16.5. The first-order valence-electron chi connectivity index (χ1n) is 6.24. The van der Waals surface area contributed by atoms with Crippen molar-refractivity contribution in [1.29, 1.82) is 5.26 Å². The van der Waals surface area contributed by atoms with E-state index in [0.29, 0.717) is 6.42 Å². The second-order valence-corrected chi connectivity index (χ2v) is 5.10. The average Bonchev–Trinajstić information content (AvgIpc) is 2.33. The molecule has 3 heteroatoms. The number of nitrogens with one attached hydrogen (secondary N) is 1. The summed E-state index contributed by atoms with van der Waals surface area (Å²) in [5.74, 6) is 0.902. The molecule has 2 unspecified atom stereocenters. The first kappa shape index (κ1) is 14.5. The van der Waals surface area contributed by atoms with E-state index in [4.69, 9.17) is 10.00 Å². The molecule has 0 aliphatic rings. The van der Waals surface area contributed by atoms with Crippen LogP contribution in [0.5, 0.6) is 5.75 Å². The van der Waals surface area contributed by atoms with E-state index in [9.17, 15) is 0 Å². The minimum Gasteiger partial charge on any atom is -0.490 e. The molecule has 98 valence electrons. The Morgan fingerprint density at radius 3 is 2.67 bits per heavy atom. The standard InChI is InChI=1S/C15H22N2O/c1-11-6-7-12(2)14(8-11)18-13(3)9-15(4,10-16)17-5/h6-8,13,17H,9H2,1-5H3. The zero-order chi connectivity index (χ0) is 13.8. The van der Waals surface area contributed by atoms with Crippen LogP contribution in [-0.2, 0) is 0 Å². The van der Waals surface area contributed by atoms with E-state index in [1.54, 1.807) is 7.05 Å². The highest BCUT2D eigenvalue weighted by molar-refractivity contribution is 5.36. The summed E-state index contributed by atoms with van der Waals surface area (Å²) in [5, 5.41) is 12.2. The van der Waals surface area contributed by atoms with Gasteiger partial charge in [0.25, 0.3) is 0 Å². The van der Waals surface area contributed by atoms with Gasteiger partial charge in [-0.25, -0.2) is 0 Å². The average molecular weight is 246 g/mol. The monoisotopic (exact) mass is 246 g/mol. The third kappa shape index (κ3) is 3.75. The quantitative estimate of drug-likeness (QED) is 0.868. The third-order valence-electron chi connectivity index (χ3n) is 3.17. The maximum atomic E-state index is 9.13. The molecule has 0 fully saturated rings. The highest BCUT2D eigenvalue weighted by Crippen LogP contribution is 2.23. The van der Waals surface area contributed by atoms with Crippen LogP contribution in [-0.4, -0.2) is 18.7 Å². The van der Waals surface area contributed by atoms with Gasteiger partial charge in [-0.3, -0.25) is 0 Å². The minimum absolute atomic E-state index is 0.0115. The molecule has 1 aromatic carbocycles.